The van der Waals surface area contributed by atoms with Gasteiger partial charge < -0.3 is 39.4 Å². The minimum absolute atomic E-state index is 0.224. The van der Waals surface area contributed by atoms with E-state index < -0.39 is 13.1 Å². The van der Waals surface area contributed by atoms with E-state index in [1.54, 1.807) is 46.1 Å². The van der Waals surface area contributed by atoms with Gasteiger partial charge in [0.1, 0.15) is 30.0 Å². The molecule has 4 aliphatic rings. The first-order valence-electron chi connectivity index (χ1n) is 24.3. The summed E-state index contributed by atoms with van der Waals surface area (Å²) in [6, 6.07) is 12.6. The van der Waals surface area contributed by atoms with Crippen LogP contribution in [0.2, 0.25) is 0 Å². The molecule has 1 unspecified atom stereocenters. The molecule has 4 aliphatic heterocycles. The lowest BCUT2D eigenvalue weighted by Crippen LogP contribution is -2.53. The van der Waals surface area contributed by atoms with Gasteiger partial charge in [0.2, 0.25) is 23.6 Å². The largest absolute Gasteiger partial charge is 0.494 e. The molecule has 2 aromatic carbocycles. The number of carbonyl (C=O) groups excluding carboxylic acids is 2. The van der Waals surface area contributed by atoms with Crippen molar-refractivity contribution in [2.24, 2.45) is 5.92 Å². The number of anilines is 6. The van der Waals surface area contributed by atoms with Gasteiger partial charge in [-0.2, -0.15) is 9.97 Å². The number of pyridine rings is 1. The van der Waals surface area contributed by atoms with Crippen molar-refractivity contribution in [1.82, 2.24) is 40.0 Å². The molecule has 3 N–H and O–H groups in total. The molecule has 3 aromatic heterocycles. The summed E-state index contributed by atoms with van der Waals surface area (Å²) in [6.07, 6.45) is 12.3. The second-order valence-corrected chi connectivity index (χ2v) is 23.0. The Kier molecular flexibility index (Phi) is 15.0. The number of halogens is 1. The number of hydrogen-bond donors (Lipinski definition) is 3. The number of aromatic nitrogens is 5. The molecule has 0 aliphatic carbocycles. The molecule has 4 fully saturated rings. The van der Waals surface area contributed by atoms with E-state index in [1.807, 2.05) is 24.3 Å². The van der Waals surface area contributed by atoms with Crippen molar-refractivity contribution >= 4 is 85.9 Å². The molecule has 0 saturated carbocycles. The fraction of sp³-hybridized carbons (Fsp3) is 0.500. The summed E-state index contributed by atoms with van der Waals surface area (Å²) in [5.41, 5.74) is 5.90. The van der Waals surface area contributed by atoms with Crippen LogP contribution in [0.5, 0.6) is 11.6 Å². The number of amides is 2. The van der Waals surface area contributed by atoms with E-state index >= 15 is 0 Å². The topological polar surface area (TPSA) is 183 Å². The number of rotatable bonds is 15. The van der Waals surface area contributed by atoms with E-state index in [-0.39, 0.29) is 11.8 Å². The number of imide groups is 1. The maximum atomic E-state index is 13.6. The molecule has 19 heteroatoms. The van der Waals surface area contributed by atoms with Gasteiger partial charge in [0, 0.05) is 101 Å². The third kappa shape index (κ3) is 11.0. The second kappa shape index (κ2) is 21.3. The highest BCUT2D eigenvalue weighted by Crippen LogP contribution is 2.42. The molecule has 9 rings (SSSR count). The molecule has 0 bridgehead atoms. The number of hydrogen-bond acceptors (Lipinski definition) is 16. The zero-order valence-electron chi connectivity index (χ0n) is 40.3. The number of ether oxygens (including phenoxy) is 2. The highest BCUT2D eigenvalue weighted by molar-refractivity contribution is 9.10. The van der Waals surface area contributed by atoms with Crippen LogP contribution in [0, 0.1) is 5.92 Å². The SMILES string of the molecule is CCc1cc(Nc2ncc(Br)c(Nc3ccc4nccnc4c3P(C)(C)=O)n2)c(OC)cc1N1CCC(N2CCN(CCC3CCN(c4ccc(C5CCC(=O)NC5=O)c(OC)n4)CC3)CC2)CC1. The Morgan fingerprint density at radius 2 is 1.58 bits per heavy atom. The average Bonchev–Trinajstić information content (AvgIpc) is 3.36. The molecule has 1 atom stereocenters. The van der Waals surface area contributed by atoms with E-state index in [4.69, 9.17) is 19.4 Å². The van der Waals surface area contributed by atoms with Crippen molar-refractivity contribution in [3.8, 4) is 11.6 Å². The molecule has 0 radical (unpaired) electrons. The highest BCUT2D eigenvalue weighted by atomic mass is 79.9. The number of fused-ring (bicyclic) bond motifs is 1. The Labute approximate surface area is 413 Å². The van der Waals surface area contributed by atoms with E-state index in [1.165, 1.54) is 17.7 Å². The van der Waals surface area contributed by atoms with Gasteiger partial charge in [-0.3, -0.25) is 29.8 Å². The number of piperazine rings is 1. The number of nitrogens with zero attached hydrogens (tertiary/aromatic N) is 9. The molecule has 4 saturated heterocycles. The fourth-order valence-electron chi connectivity index (χ4n) is 10.6. The van der Waals surface area contributed by atoms with Crippen molar-refractivity contribution in [2.75, 3.05) is 107 Å². The first kappa shape index (κ1) is 48.6. The zero-order chi connectivity index (χ0) is 48.2. The van der Waals surface area contributed by atoms with Crippen molar-refractivity contribution in [3.63, 3.8) is 0 Å². The smallest absolute Gasteiger partial charge is 0.234 e. The van der Waals surface area contributed by atoms with Gasteiger partial charge in [-0.25, -0.2) is 4.98 Å². The molecule has 2 amide bonds. The Morgan fingerprint density at radius 1 is 0.826 bits per heavy atom. The third-order valence-electron chi connectivity index (χ3n) is 14.4. The average molecular weight is 1020 g/mol. The van der Waals surface area contributed by atoms with Crippen molar-refractivity contribution < 1.29 is 23.6 Å². The van der Waals surface area contributed by atoms with Crippen LogP contribution in [0.15, 0.2) is 59.5 Å². The van der Waals surface area contributed by atoms with Crippen LogP contribution in [0.25, 0.3) is 11.0 Å². The van der Waals surface area contributed by atoms with Crippen molar-refractivity contribution in [2.45, 2.75) is 70.3 Å². The van der Waals surface area contributed by atoms with Gasteiger partial charge in [0.05, 0.1) is 46.8 Å². The van der Waals surface area contributed by atoms with Crippen LogP contribution < -0.4 is 40.5 Å². The number of methoxy groups -OCH3 is 2. The van der Waals surface area contributed by atoms with Crippen molar-refractivity contribution in [1.29, 1.82) is 0 Å². The van der Waals surface area contributed by atoms with Gasteiger partial charge in [-0.15, -0.1) is 0 Å². The Hall–Kier alpha value is -5.42. The van der Waals surface area contributed by atoms with E-state index in [0.717, 1.165) is 114 Å². The number of nitrogens with one attached hydrogen (secondary N) is 3. The summed E-state index contributed by atoms with van der Waals surface area (Å²) in [7, 11) is 0.519. The number of carbonyl (C=O) groups is 2. The van der Waals surface area contributed by atoms with Gasteiger partial charge >= 0.3 is 0 Å². The first-order valence-corrected chi connectivity index (χ1v) is 27.7. The van der Waals surface area contributed by atoms with E-state index in [2.05, 4.69) is 85.5 Å². The maximum absolute atomic E-state index is 13.6. The van der Waals surface area contributed by atoms with E-state index in [0.29, 0.717) is 68.9 Å². The van der Waals surface area contributed by atoms with Crippen LogP contribution in [-0.4, -0.2) is 139 Å². The van der Waals surface area contributed by atoms with E-state index in [9.17, 15) is 14.2 Å². The predicted octanol–water partition coefficient (Wildman–Crippen LogP) is 7.31. The van der Waals surface area contributed by atoms with Crippen LogP contribution in [0.3, 0.4) is 0 Å². The standard InChI is InChI=1S/C50H64BrN12O5P/c1-6-33-29-40(56-50-54-31-37(51)47(59-50)55-39-10-9-38-45(53-19-18-52-38)46(39)69(4,5)66)42(67-2)30-41(33)62-23-16-34(17-24-62)61-27-25-60(26-28-61)20-13-32-14-21-63(22-15-32)43-11-7-36(49(57-43)68-3)35-8-12-44(64)58-48(35)65/h7,9-11,18-19,29-32,34-35H,6,8,12-17,20-28H2,1-5H3,(H,58,64,65)(H2,54,55,56,59). The summed E-state index contributed by atoms with van der Waals surface area (Å²) in [4.78, 5) is 57.6. The molecular formula is C50H64BrN12O5P. The van der Waals surface area contributed by atoms with Gasteiger partial charge in [0.25, 0.3) is 0 Å². The molecule has 5 aromatic rings. The second-order valence-electron chi connectivity index (χ2n) is 19.0. The summed E-state index contributed by atoms with van der Waals surface area (Å²) in [5.74, 6) is 2.75. The van der Waals surface area contributed by atoms with Crippen LogP contribution in [0.4, 0.5) is 34.6 Å². The maximum Gasteiger partial charge on any atom is 0.234 e. The Balaban J connectivity index is 0.748. The Bertz CT molecular complexity index is 2720. The lowest BCUT2D eigenvalue weighted by molar-refractivity contribution is -0.134. The molecule has 0 spiro atoms. The Morgan fingerprint density at radius 3 is 2.29 bits per heavy atom. The molecular weight excluding hydrogens is 960 g/mol. The highest BCUT2D eigenvalue weighted by Gasteiger charge is 2.33. The summed E-state index contributed by atoms with van der Waals surface area (Å²) < 4.78 is 25.8. The van der Waals surface area contributed by atoms with Crippen LogP contribution >= 0.6 is 23.1 Å². The zero-order valence-corrected chi connectivity index (χ0v) is 42.8. The number of aryl methyl sites for hydroxylation is 1. The molecule has 366 valence electrons. The lowest BCUT2D eigenvalue weighted by Gasteiger charge is -2.44. The monoisotopic (exact) mass is 1020 g/mol. The summed E-state index contributed by atoms with van der Waals surface area (Å²) in [6.45, 7) is 15.2. The summed E-state index contributed by atoms with van der Waals surface area (Å²) in [5, 5.41) is 9.89. The number of piperidine rings is 3. The lowest BCUT2D eigenvalue weighted by atomic mass is 9.91. The molecule has 69 heavy (non-hydrogen) atoms. The van der Waals surface area contributed by atoms with Gasteiger partial charge in [-0.1, -0.05) is 6.92 Å². The van der Waals surface area contributed by atoms with Crippen LogP contribution in [-0.2, 0) is 20.6 Å². The quantitative estimate of drug-likeness (QED) is 0.0701. The predicted molar refractivity (Wildman–Crippen MR) is 276 cm³/mol. The molecule has 17 nitrogen and oxygen atoms in total. The van der Waals surface area contributed by atoms with Crippen molar-refractivity contribution in [3.05, 3.63) is 70.6 Å². The molecule has 7 heterocycles. The minimum Gasteiger partial charge on any atom is -0.494 e. The van der Waals surface area contributed by atoms with Gasteiger partial charge in [-0.05, 0) is 123 Å². The third-order valence-corrected chi connectivity index (χ3v) is 16.5. The number of benzene rings is 2. The fourth-order valence-corrected chi connectivity index (χ4v) is 12.2. The normalized spacial score (nSPS) is 19.2. The summed E-state index contributed by atoms with van der Waals surface area (Å²) >= 11 is 3.61. The minimum atomic E-state index is -2.77. The van der Waals surface area contributed by atoms with Gasteiger partial charge in [0.15, 0.2) is 0 Å². The first-order chi connectivity index (χ1) is 33.4. The van der Waals surface area contributed by atoms with Crippen LogP contribution in [0.1, 0.15) is 68.9 Å².